The Hall–Kier alpha value is -1.24. The van der Waals surface area contributed by atoms with Gasteiger partial charge < -0.3 is 0 Å². The summed E-state index contributed by atoms with van der Waals surface area (Å²) in [7, 11) is -3.31. The summed E-state index contributed by atoms with van der Waals surface area (Å²) in [4.78, 5) is 4.01. The van der Waals surface area contributed by atoms with Crippen LogP contribution in [0, 0.1) is 0 Å². The third-order valence-corrected chi connectivity index (χ3v) is 7.22. The minimum atomic E-state index is -3.31. The van der Waals surface area contributed by atoms with E-state index in [1.807, 2.05) is 17.5 Å². The summed E-state index contributed by atoms with van der Waals surface area (Å²) in [6, 6.07) is 7.59. The molecule has 1 aliphatic heterocycles. The Labute approximate surface area is 129 Å². The van der Waals surface area contributed by atoms with Crippen LogP contribution in [0.4, 0.5) is 0 Å². The lowest BCUT2D eigenvalue weighted by molar-refractivity contribution is 0.371. The highest BCUT2D eigenvalue weighted by molar-refractivity contribution is 7.91. The van der Waals surface area contributed by atoms with Gasteiger partial charge in [0, 0.05) is 25.0 Å². The Balaban J connectivity index is 1.71. The first kappa shape index (κ1) is 14.7. The molecule has 0 radical (unpaired) electrons. The fraction of sp³-hybridized carbons (Fsp3) is 0.400. The summed E-state index contributed by atoms with van der Waals surface area (Å²) in [5.74, 6) is 0. The summed E-state index contributed by atoms with van der Waals surface area (Å²) in [5, 5.41) is 1.81. The van der Waals surface area contributed by atoms with Crippen LogP contribution in [0.25, 0.3) is 0 Å². The van der Waals surface area contributed by atoms with Gasteiger partial charge in [0.2, 0.25) is 0 Å². The number of hydrogen-bond acceptors (Lipinski definition) is 4. The van der Waals surface area contributed by atoms with Crippen molar-refractivity contribution in [3.63, 3.8) is 0 Å². The standard InChI is InChI=1S/C15H18N2O2S2/c18-21(19,15-4-2-12-20-15)17-11-1-3-14(17)6-5-13-7-9-16-10-8-13/h2,4,7-10,12,14H,1,3,5-6,11H2/t14-/m0/s1. The Morgan fingerprint density at radius 2 is 2.10 bits per heavy atom. The van der Waals surface area contributed by atoms with E-state index in [0.717, 1.165) is 25.7 Å². The van der Waals surface area contributed by atoms with E-state index in [0.29, 0.717) is 10.8 Å². The van der Waals surface area contributed by atoms with Gasteiger partial charge in [-0.05, 0) is 54.8 Å². The molecule has 2 aromatic heterocycles. The molecule has 0 amide bonds. The molecule has 3 heterocycles. The maximum atomic E-state index is 12.6. The van der Waals surface area contributed by atoms with Crippen molar-refractivity contribution in [2.75, 3.05) is 6.54 Å². The Morgan fingerprint density at radius 1 is 1.29 bits per heavy atom. The molecule has 2 aromatic rings. The van der Waals surface area contributed by atoms with Crippen LogP contribution < -0.4 is 0 Å². The number of aromatic nitrogens is 1. The molecule has 112 valence electrons. The van der Waals surface area contributed by atoms with E-state index in [1.165, 1.54) is 16.9 Å². The molecule has 0 unspecified atom stereocenters. The van der Waals surface area contributed by atoms with Crippen LogP contribution >= 0.6 is 11.3 Å². The van der Waals surface area contributed by atoms with Crippen molar-refractivity contribution in [1.29, 1.82) is 0 Å². The minimum absolute atomic E-state index is 0.116. The van der Waals surface area contributed by atoms with Crippen molar-refractivity contribution in [3.8, 4) is 0 Å². The Kier molecular flexibility index (Phi) is 4.37. The number of thiophene rings is 1. The van der Waals surface area contributed by atoms with Gasteiger partial charge >= 0.3 is 0 Å². The van der Waals surface area contributed by atoms with Crippen molar-refractivity contribution in [2.24, 2.45) is 0 Å². The van der Waals surface area contributed by atoms with Crippen LogP contribution in [0.5, 0.6) is 0 Å². The molecule has 0 saturated carbocycles. The number of hydrogen-bond donors (Lipinski definition) is 0. The van der Waals surface area contributed by atoms with E-state index >= 15 is 0 Å². The largest absolute Gasteiger partial charge is 0.265 e. The van der Waals surface area contributed by atoms with Gasteiger partial charge in [0.25, 0.3) is 10.0 Å². The molecule has 6 heteroatoms. The van der Waals surface area contributed by atoms with E-state index in [-0.39, 0.29) is 6.04 Å². The lowest BCUT2D eigenvalue weighted by Gasteiger charge is -2.23. The molecule has 1 aliphatic rings. The van der Waals surface area contributed by atoms with Crippen LogP contribution in [0.3, 0.4) is 0 Å². The maximum Gasteiger partial charge on any atom is 0.252 e. The predicted molar refractivity (Wildman–Crippen MR) is 83.8 cm³/mol. The monoisotopic (exact) mass is 322 g/mol. The molecule has 0 bridgehead atoms. The van der Waals surface area contributed by atoms with Gasteiger partial charge in [-0.3, -0.25) is 4.98 Å². The predicted octanol–water partition coefficient (Wildman–Crippen LogP) is 2.93. The van der Waals surface area contributed by atoms with Crippen LogP contribution in [-0.4, -0.2) is 30.3 Å². The van der Waals surface area contributed by atoms with E-state index in [4.69, 9.17) is 0 Å². The van der Waals surface area contributed by atoms with Crippen molar-refractivity contribution in [3.05, 3.63) is 47.6 Å². The molecule has 1 fully saturated rings. The van der Waals surface area contributed by atoms with Gasteiger partial charge in [0.1, 0.15) is 4.21 Å². The average molecular weight is 322 g/mol. The van der Waals surface area contributed by atoms with E-state index in [9.17, 15) is 8.42 Å². The van der Waals surface area contributed by atoms with Gasteiger partial charge in [-0.1, -0.05) is 6.07 Å². The van der Waals surface area contributed by atoms with Gasteiger partial charge in [-0.2, -0.15) is 4.31 Å². The number of nitrogens with zero attached hydrogens (tertiary/aromatic N) is 2. The van der Waals surface area contributed by atoms with Gasteiger partial charge in [0.15, 0.2) is 0 Å². The van der Waals surface area contributed by atoms with Crippen LogP contribution in [0.1, 0.15) is 24.8 Å². The topological polar surface area (TPSA) is 50.3 Å². The highest BCUT2D eigenvalue weighted by Gasteiger charge is 2.35. The number of aryl methyl sites for hydroxylation is 1. The second-order valence-corrected chi connectivity index (χ2v) is 8.30. The van der Waals surface area contributed by atoms with E-state index < -0.39 is 10.0 Å². The Morgan fingerprint density at radius 3 is 2.81 bits per heavy atom. The summed E-state index contributed by atoms with van der Waals surface area (Å²) >= 11 is 1.30. The molecule has 21 heavy (non-hydrogen) atoms. The average Bonchev–Trinajstić information content (AvgIpc) is 3.18. The number of sulfonamides is 1. The van der Waals surface area contributed by atoms with Crippen molar-refractivity contribution < 1.29 is 8.42 Å². The summed E-state index contributed by atoms with van der Waals surface area (Å²) in [6.07, 6.45) is 7.23. The fourth-order valence-electron chi connectivity index (χ4n) is 2.82. The zero-order chi connectivity index (χ0) is 14.7. The molecule has 0 aromatic carbocycles. The quantitative estimate of drug-likeness (QED) is 0.850. The minimum Gasteiger partial charge on any atom is -0.265 e. The third-order valence-electron chi connectivity index (χ3n) is 3.90. The zero-order valence-corrected chi connectivity index (χ0v) is 13.3. The zero-order valence-electron chi connectivity index (χ0n) is 11.7. The molecule has 0 aliphatic carbocycles. The van der Waals surface area contributed by atoms with Crippen LogP contribution in [0.15, 0.2) is 46.2 Å². The second kappa shape index (κ2) is 6.25. The van der Waals surface area contributed by atoms with Gasteiger partial charge in [-0.15, -0.1) is 11.3 Å². The number of pyridine rings is 1. The summed E-state index contributed by atoms with van der Waals surface area (Å²) in [5.41, 5.74) is 1.21. The van der Waals surface area contributed by atoms with Crippen molar-refractivity contribution in [2.45, 2.75) is 35.9 Å². The molecule has 0 spiro atoms. The van der Waals surface area contributed by atoms with Crippen molar-refractivity contribution in [1.82, 2.24) is 9.29 Å². The van der Waals surface area contributed by atoms with Crippen LogP contribution in [0.2, 0.25) is 0 Å². The highest BCUT2D eigenvalue weighted by atomic mass is 32.2. The lowest BCUT2D eigenvalue weighted by atomic mass is 10.1. The fourth-order valence-corrected chi connectivity index (χ4v) is 5.67. The first-order chi connectivity index (χ1) is 10.2. The highest BCUT2D eigenvalue weighted by Crippen LogP contribution is 2.30. The normalized spacial score (nSPS) is 19.9. The number of rotatable bonds is 5. The molecule has 3 rings (SSSR count). The van der Waals surface area contributed by atoms with E-state index in [1.54, 1.807) is 28.8 Å². The third kappa shape index (κ3) is 3.17. The molecule has 1 saturated heterocycles. The van der Waals surface area contributed by atoms with Crippen LogP contribution in [-0.2, 0) is 16.4 Å². The Bertz CT molecular complexity index is 669. The molecule has 4 nitrogen and oxygen atoms in total. The maximum absolute atomic E-state index is 12.6. The SMILES string of the molecule is O=S(=O)(c1cccs1)N1CCC[C@H]1CCc1ccncc1. The van der Waals surface area contributed by atoms with Gasteiger partial charge in [0.05, 0.1) is 0 Å². The molecule has 0 N–H and O–H groups in total. The summed E-state index contributed by atoms with van der Waals surface area (Å²) < 4.78 is 27.4. The molecular weight excluding hydrogens is 304 g/mol. The summed E-state index contributed by atoms with van der Waals surface area (Å²) in [6.45, 7) is 0.640. The molecular formula is C15H18N2O2S2. The second-order valence-electron chi connectivity index (χ2n) is 5.24. The lowest BCUT2D eigenvalue weighted by Crippen LogP contribution is -2.35. The molecule has 1 atom stereocenters. The van der Waals surface area contributed by atoms with Crippen molar-refractivity contribution >= 4 is 21.4 Å². The first-order valence-electron chi connectivity index (χ1n) is 7.12. The smallest absolute Gasteiger partial charge is 0.252 e. The van der Waals surface area contributed by atoms with E-state index in [2.05, 4.69) is 4.98 Å². The van der Waals surface area contributed by atoms with Gasteiger partial charge in [-0.25, -0.2) is 8.42 Å². The first-order valence-corrected chi connectivity index (χ1v) is 9.44.